The fraction of sp³-hybridized carbons (Fsp3) is 0.333. The maximum Gasteiger partial charge on any atom is 0.325 e. The second kappa shape index (κ2) is 8.52. The number of hydrogen-bond acceptors (Lipinski definition) is 5. The summed E-state index contributed by atoms with van der Waals surface area (Å²) in [4.78, 5) is 46.1. The van der Waals surface area contributed by atoms with Crippen molar-refractivity contribution in [1.29, 1.82) is 0 Å². The summed E-state index contributed by atoms with van der Waals surface area (Å²) in [7, 11) is 1.16. The molecule has 23 heavy (non-hydrogen) atoms. The minimum Gasteiger partial charge on any atom is -0.480 e. The molecule has 1 aromatic carbocycles. The van der Waals surface area contributed by atoms with Gasteiger partial charge in [-0.25, -0.2) is 0 Å². The van der Waals surface area contributed by atoms with Gasteiger partial charge in [-0.15, -0.1) is 0 Å². The lowest BCUT2D eigenvalue weighted by molar-refractivity contribution is -0.143. The van der Waals surface area contributed by atoms with E-state index in [1.54, 1.807) is 12.1 Å². The highest BCUT2D eigenvalue weighted by Crippen LogP contribution is 2.08. The third-order valence-corrected chi connectivity index (χ3v) is 2.90. The Balaban J connectivity index is 2.83. The van der Waals surface area contributed by atoms with Gasteiger partial charge in [0, 0.05) is 19.0 Å². The fourth-order valence-electron chi connectivity index (χ4n) is 1.76. The number of nitrogens with one attached hydrogen (secondary N) is 1. The smallest absolute Gasteiger partial charge is 0.325 e. The Kier molecular flexibility index (Phi) is 6.72. The van der Waals surface area contributed by atoms with E-state index in [-0.39, 0.29) is 11.5 Å². The molecule has 0 saturated carbocycles. The van der Waals surface area contributed by atoms with Crippen LogP contribution in [0, 0.1) is 0 Å². The van der Waals surface area contributed by atoms with E-state index in [1.165, 1.54) is 19.1 Å². The van der Waals surface area contributed by atoms with Crippen LogP contribution < -0.4 is 5.32 Å². The van der Waals surface area contributed by atoms with Crippen LogP contribution in [0.1, 0.15) is 22.8 Å². The van der Waals surface area contributed by atoms with Gasteiger partial charge in [0.25, 0.3) is 5.91 Å². The number of methoxy groups -OCH3 is 1. The molecule has 0 saturated heterocycles. The molecule has 0 bridgehead atoms. The molecule has 2 amide bonds. The monoisotopic (exact) mass is 322 g/mol. The molecule has 0 aliphatic heterocycles. The largest absolute Gasteiger partial charge is 0.480 e. The Morgan fingerprint density at radius 2 is 1.74 bits per heavy atom. The van der Waals surface area contributed by atoms with Gasteiger partial charge in [-0.3, -0.25) is 19.2 Å². The van der Waals surface area contributed by atoms with Crippen LogP contribution in [0.3, 0.4) is 0 Å². The van der Waals surface area contributed by atoms with E-state index >= 15 is 0 Å². The Bertz CT molecular complexity index is 596. The molecule has 0 aliphatic carbocycles. The SMILES string of the molecule is COC(=O)CN(CC(=O)O)C(=O)c1ccc(CNC(C)=O)cc1. The average molecular weight is 322 g/mol. The molecule has 0 heterocycles. The van der Waals surface area contributed by atoms with Gasteiger partial charge in [-0.1, -0.05) is 12.1 Å². The number of benzene rings is 1. The Morgan fingerprint density at radius 1 is 1.13 bits per heavy atom. The lowest BCUT2D eigenvalue weighted by Gasteiger charge is -2.19. The molecular formula is C15H18N2O6. The molecule has 0 fully saturated rings. The average Bonchev–Trinajstić information content (AvgIpc) is 2.51. The second-order valence-corrected chi connectivity index (χ2v) is 4.74. The Labute approximate surface area is 133 Å². The van der Waals surface area contributed by atoms with Crippen LogP contribution in [0.5, 0.6) is 0 Å². The summed E-state index contributed by atoms with van der Waals surface area (Å²) in [6.45, 7) is 0.663. The van der Waals surface area contributed by atoms with E-state index in [2.05, 4.69) is 10.1 Å². The summed E-state index contributed by atoms with van der Waals surface area (Å²) < 4.78 is 4.46. The van der Waals surface area contributed by atoms with Crippen LogP contribution in [0.4, 0.5) is 0 Å². The number of hydrogen-bond donors (Lipinski definition) is 2. The topological polar surface area (TPSA) is 113 Å². The molecule has 0 atom stereocenters. The first-order chi connectivity index (χ1) is 10.8. The van der Waals surface area contributed by atoms with Gasteiger partial charge in [-0.05, 0) is 17.7 Å². The van der Waals surface area contributed by atoms with Crippen LogP contribution >= 0.6 is 0 Å². The molecular weight excluding hydrogens is 304 g/mol. The van der Waals surface area contributed by atoms with Gasteiger partial charge >= 0.3 is 11.9 Å². The number of nitrogens with zero attached hydrogens (tertiary/aromatic N) is 1. The van der Waals surface area contributed by atoms with E-state index in [0.717, 1.165) is 17.6 Å². The number of carbonyl (C=O) groups excluding carboxylic acids is 3. The zero-order valence-corrected chi connectivity index (χ0v) is 12.9. The van der Waals surface area contributed by atoms with Crippen LogP contribution in [0.2, 0.25) is 0 Å². The van der Waals surface area contributed by atoms with Crippen molar-refractivity contribution < 1.29 is 29.0 Å². The second-order valence-electron chi connectivity index (χ2n) is 4.74. The van der Waals surface area contributed by atoms with Gasteiger partial charge in [0.05, 0.1) is 7.11 Å². The maximum absolute atomic E-state index is 12.3. The van der Waals surface area contributed by atoms with Crippen molar-refractivity contribution in [1.82, 2.24) is 10.2 Å². The van der Waals surface area contributed by atoms with Gasteiger partial charge in [-0.2, -0.15) is 0 Å². The predicted molar refractivity (Wildman–Crippen MR) is 79.5 cm³/mol. The molecule has 1 aromatic rings. The zero-order chi connectivity index (χ0) is 17.4. The summed E-state index contributed by atoms with van der Waals surface area (Å²) in [6.07, 6.45) is 0. The molecule has 0 aliphatic rings. The molecule has 0 unspecified atom stereocenters. The van der Waals surface area contributed by atoms with Crippen molar-refractivity contribution >= 4 is 23.8 Å². The summed E-state index contributed by atoms with van der Waals surface area (Å²) in [6, 6.07) is 6.29. The van der Waals surface area contributed by atoms with Gasteiger partial charge < -0.3 is 20.1 Å². The highest BCUT2D eigenvalue weighted by molar-refractivity contribution is 5.97. The number of carbonyl (C=O) groups is 4. The zero-order valence-electron chi connectivity index (χ0n) is 12.9. The number of aliphatic carboxylic acids is 1. The summed E-state index contributed by atoms with van der Waals surface area (Å²) in [5, 5.41) is 11.5. The van der Waals surface area contributed by atoms with E-state index in [4.69, 9.17) is 5.11 Å². The number of carboxylic acids is 1. The molecule has 8 heteroatoms. The molecule has 0 spiro atoms. The number of carboxylic acid groups (broad SMARTS) is 1. The molecule has 0 aromatic heterocycles. The van der Waals surface area contributed by atoms with Crippen molar-refractivity contribution in [2.45, 2.75) is 13.5 Å². The number of esters is 1. The van der Waals surface area contributed by atoms with Crippen molar-refractivity contribution in [3.8, 4) is 0 Å². The van der Waals surface area contributed by atoms with Crippen LogP contribution in [-0.4, -0.2) is 54.0 Å². The van der Waals surface area contributed by atoms with Crippen molar-refractivity contribution in [3.05, 3.63) is 35.4 Å². The highest BCUT2D eigenvalue weighted by Gasteiger charge is 2.21. The minimum absolute atomic E-state index is 0.170. The lowest BCUT2D eigenvalue weighted by Crippen LogP contribution is -2.39. The third kappa shape index (κ3) is 6.16. The molecule has 124 valence electrons. The number of rotatable bonds is 7. The van der Waals surface area contributed by atoms with E-state index in [1.807, 2.05) is 0 Å². The predicted octanol–water partition coefficient (Wildman–Crippen LogP) is 0.0225. The van der Waals surface area contributed by atoms with E-state index in [9.17, 15) is 19.2 Å². The Morgan fingerprint density at radius 3 is 2.22 bits per heavy atom. The van der Waals surface area contributed by atoms with Crippen molar-refractivity contribution in [3.63, 3.8) is 0 Å². The number of ether oxygens (including phenoxy) is 1. The Hall–Kier alpha value is -2.90. The first-order valence-corrected chi connectivity index (χ1v) is 6.74. The van der Waals surface area contributed by atoms with Crippen molar-refractivity contribution in [2.24, 2.45) is 0 Å². The molecule has 1 rings (SSSR count). The van der Waals surface area contributed by atoms with Gasteiger partial charge in [0.2, 0.25) is 5.91 Å². The van der Waals surface area contributed by atoms with E-state index in [0.29, 0.717) is 6.54 Å². The first kappa shape index (κ1) is 18.1. The standard InChI is InChI=1S/C15H18N2O6/c1-10(18)16-7-11-3-5-12(6-4-11)15(22)17(8-13(19)20)9-14(21)23-2/h3-6H,7-9H2,1-2H3,(H,16,18)(H,19,20). The van der Waals surface area contributed by atoms with Gasteiger partial charge in [0.15, 0.2) is 0 Å². The van der Waals surface area contributed by atoms with Crippen LogP contribution in [0.25, 0.3) is 0 Å². The summed E-state index contributed by atoms with van der Waals surface area (Å²) in [5.41, 5.74) is 1.02. The normalized spacial score (nSPS) is 9.83. The lowest BCUT2D eigenvalue weighted by atomic mass is 10.1. The maximum atomic E-state index is 12.3. The molecule has 0 radical (unpaired) electrons. The van der Waals surface area contributed by atoms with E-state index < -0.39 is 30.9 Å². The molecule has 2 N–H and O–H groups in total. The van der Waals surface area contributed by atoms with Crippen molar-refractivity contribution in [2.75, 3.05) is 20.2 Å². The summed E-state index contributed by atoms with van der Waals surface area (Å²) in [5.74, 6) is -2.70. The quantitative estimate of drug-likeness (QED) is 0.684. The minimum atomic E-state index is -1.23. The third-order valence-electron chi connectivity index (χ3n) is 2.90. The fourth-order valence-corrected chi connectivity index (χ4v) is 1.76. The van der Waals surface area contributed by atoms with Crippen LogP contribution in [0.15, 0.2) is 24.3 Å². The van der Waals surface area contributed by atoms with Gasteiger partial charge in [0.1, 0.15) is 13.1 Å². The highest BCUT2D eigenvalue weighted by atomic mass is 16.5. The first-order valence-electron chi connectivity index (χ1n) is 6.74. The van der Waals surface area contributed by atoms with Crippen LogP contribution in [-0.2, 0) is 25.7 Å². The number of amides is 2. The summed E-state index contributed by atoms with van der Waals surface area (Å²) >= 11 is 0. The molecule has 8 nitrogen and oxygen atoms in total.